The molecule has 0 bridgehead atoms. The number of sulfonamides is 1. The number of carbonyl (C=O) groups excluding carboxylic acids is 1. The molecular weight excluding hydrogens is 334 g/mol. The molecule has 1 aromatic carbocycles. The molecule has 0 aromatic heterocycles. The third kappa shape index (κ3) is 5.18. The molecule has 0 radical (unpaired) electrons. The first-order chi connectivity index (χ1) is 9.81. The van der Waals surface area contributed by atoms with Crippen molar-refractivity contribution < 1.29 is 17.9 Å². The molecule has 0 amide bonds. The van der Waals surface area contributed by atoms with Crippen LogP contribution in [-0.4, -0.2) is 26.7 Å². The molecule has 0 saturated carbocycles. The minimum atomic E-state index is -4.01. The Balaban J connectivity index is 3.28. The molecule has 0 aliphatic carbocycles. The number of rotatable bonds is 7. The number of thioether (sulfide) groups is 1. The summed E-state index contributed by atoms with van der Waals surface area (Å²) in [4.78, 5) is 12.1. The van der Waals surface area contributed by atoms with Crippen molar-refractivity contribution in [2.24, 2.45) is 5.14 Å². The minimum absolute atomic E-state index is 0.0478. The molecule has 0 aliphatic heterocycles. The van der Waals surface area contributed by atoms with E-state index in [9.17, 15) is 13.2 Å². The summed E-state index contributed by atoms with van der Waals surface area (Å²) in [5.74, 6) is 0.170. The minimum Gasteiger partial charge on any atom is -0.462 e. The van der Waals surface area contributed by atoms with Gasteiger partial charge in [0.05, 0.1) is 17.2 Å². The summed E-state index contributed by atoms with van der Waals surface area (Å²) in [6, 6.07) is 2.69. The van der Waals surface area contributed by atoms with Crippen molar-refractivity contribution in [2.75, 3.05) is 12.4 Å². The third-order valence-corrected chi connectivity index (χ3v) is 5.27. The fourth-order valence-corrected chi connectivity index (χ4v) is 3.95. The molecule has 0 spiro atoms. The number of primary sulfonamides is 1. The van der Waals surface area contributed by atoms with Crippen LogP contribution in [0, 0.1) is 0 Å². The van der Waals surface area contributed by atoms with Crippen LogP contribution in [0.5, 0.6) is 0 Å². The Morgan fingerprint density at radius 2 is 2.05 bits per heavy atom. The van der Waals surface area contributed by atoms with Gasteiger partial charge in [0.2, 0.25) is 10.0 Å². The lowest BCUT2D eigenvalue weighted by molar-refractivity contribution is 0.0526. The van der Waals surface area contributed by atoms with E-state index in [1.807, 2.05) is 6.92 Å². The van der Waals surface area contributed by atoms with Crippen LogP contribution in [0.2, 0.25) is 5.02 Å². The highest BCUT2D eigenvalue weighted by Gasteiger charge is 2.21. The van der Waals surface area contributed by atoms with E-state index in [4.69, 9.17) is 21.5 Å². The van der Waals surface area contributed by atoms with E-state index >= 15 is 0 Å². The van der Waals surface area contributed by atoms with Crippen LogP contribution in [0.15, 0.2) is 21.9 Å². The second-order valence-corrected chi connectivity index (χ2v) is 7.30. The van der Waals surface area contributed by atoms with E-state index in [2.05, 4.69) is 0 Å². The van der Waals surface area contributed by atoms with Gasteiger partial charge < -0.3 is 4.74 Å². The molecule has 0 unspecified atom stereocenters. The number of ether oxygens (including phenoxy) is 1. The Bertz CT molecular complexity index is 617. The predicted octanol–water partition coefficient (Wildman–Crippen LogP) is 3.06. The van der Waals surface area contributed by atoms with Gasteiger partial charge >= 0.3 is 5.97 Å². The number of benzene rings is 1. The SMILES string of the molecule is CCCCSc1cc(C(=O)OCC)cc(S(N)(=O)=O)c1Cl. The summed E-state index contributed by atoms with van der Waals surface area (Å²) < 4.78 is 28.1. The van der Waals surface area contributed by atoms with Crippen LogP contribution in [0.1, 0.15) is 37.0 Å². The summed E-state index contributed by atoms with van der Waals surface area (Å²) >= 11 is 7.49. The van der Waals surface area contributed by atoms with Gasteiger partial charge in [0.15, 0.2) is 0 Å². The first-order valence-electron chi connectivity index (χ1n) is 6.47. The second-order valence-electron chi connectivity index (χ2n) is 4.25. The Labute approximate surface area is 134 Å². The maximum absolute atomic E-state index is 11.8. The van der Waals surface area contributed by atoms with Crippen LogP contribution in [-0.2, 0) is 14.8 Å². The van der Waals surface area contributed by atoms with Gasteiger partial charge in [0.1, 0.15) is 4.90 Å². The standard InChI is InChI=1S/C13H18ClNO4S2/c1-3-5-6-20-10-7-9(13(16)19-4-2)8-11(12(10)14)21(15,17)18/h7-8H,3-6H2,1-2H3,(H2,15,17,18). The van der Waals surface area contributed by atoms with Gasteiger partial charge in [0.25, 0.3) is 0 Å². The van der Waals surface area contributed by atoms with Gasteiger partial charge in [-0.05, 0) is 31.2 Å². The van der Waals surface area contributed by atoms with Crippen molar-refractivity contribution in [1.29, 1.82) is 0 Å². The molecule has 0 aliphatic rings. The molecule has 0 heterocycles. The highest BCUT2D eigenvalue weighted by molar-refractivity contribution is 7.99. The first-order valence-corrected chi connectivity index (χ1v) is 9.38. The maximum Gasteiger partial charge on any atom is 0.338 e. The van der Waals surface area contributed by atoms with Crippen LogP contribution in [0.25, 0.3) is 0 Å². The van der Waals surface area contributed by atoms with Gasteiger partial charge in [-0.2, -0.15) is 0 Å². The molecule has 0 saturated heterocycles. The summed E-state index contributed by atoms with van der Waals surface area (Å²) in [5, 5.41) is 5.20. The molecule has 118 valence electrons. The number of esters is 1. The number of nitrogens with two attached hydrogens (primary N) is 1. The van der Waals surface area contributed by atoms with Gasteiger partial charge in [-0.25, -0.2) is 18.4 Å². The van der Waals surface area contributed by atoms with Crippen molar-refractivity contribution in [3.8, 4) is 0 Å². The second kappa shape index (κ2) is 8.03. The van der Waals surface area contributed by atoms with Crippen molar-refractivity contribution >= 4 is 39.4 Å². The predicted molar refractivity (Wildman–Crippen MR) is 84.4 cm³/mol. The van der Waals surface area contributed by atoms with E-state index in [-0.39, 0.29) is 22.1 Å². The van der Waals surface area contributed by atoms with Gasteiger partial charge in [-0.3, -0.25) is 0 Å². The number of hydrogen-bond donors (Lipinski definition) is 1. The van der Waals surface area contributed by atoms with E-state index in [0.29, 0.717) is 4.90 Å². The Hall–Kier alpha value is -0.760. The fraction of sp³-hybridized carbons (Fsp3) is 0.462. The molecule has 21 heavy (non-hydrogen) atoms. The average Bonchev–Trinajstić information content (AvgIpc) is 2.39. The molecule has 0 atom stereocenters. The van der Waals surface area contributed by atoms with Crippen molar-refractivity contribution in [2.45, 2.75) is 36.5 Å². The van der Waals surface area contributed by atoms with Gasteiger partial charge in [-0.15, -0.1) is 11.8 Å². The lowest BCUT2D eigenvalue weighted by atomic mass is 10.2. The van der Waals surface area contributed by atoms with Gasteiger partial charge in [0, 0.05) is 4.90 Å². The average molecular weight is 352 g/mol. The summed E-state index contributed by atoms with van der Waals surface area (Å²) in [6.45, 7) is 3.92. The smallest absolute Gasteiger partial charge is 0.338 e. The number of halogens is 1. The zero-order chi connectivity index (χ0) is 16.0. The van der Waals surface area contributed by atoms with E-state index in [1.54, 1.807) is 6.92 Å². The summed E-state index contributed by atoms with van der Waals surface area (Å²) in [6.07, 6.45) is 1.96. The van der Waals surface area contributed by atoms with E-state index in [0.717, 1.165) is 24.7 Å². The van der Waals surface area contributed by atoms with Crippen LogP contribution < -0.4 is 5.14 Å². The largest absolute Gasteiger partial charge is 0.462 e. The zero-order valence-corrected chi connectivity index (χ0v) is 14.3. The molecule has 1 rings (SSSR count). The topological polar surface area (TPSA) is 86.5 Å². The van der Waals surface area contributed by atoms with E-state index < -0.39 is 16.0 Å². The molecular formula is C13H18ClNO4S2. The van der Waals surface area contributed by atoms with Crippen LogP contribution >= 0.6 is 23.4 Å². The normalized spacial score (nSPS) is 11.4. The number of hydrogen-bond acceptors (Lipinski definition) is 5. The lowest BCUT2D eigenvalue weighted by Crippen LogP contribution is -2.15. The molecule has 2 N–H and O–H groups in total. The zero-order valence-electron chi connectivity index (χ0n) is 11.9. The van der Waals surface area contributed by atoms with Crippen LogP contribution in [0.4, 0.5) is 0 Å². The lowest BCUT2D eigenvalue weighted by Gasteiger charge is -2.11. The molecule has 8 heteroatoms. The highest BCUT2D eigenvalue weighted by Crippen LogP contribution is 2.34. The van der Waals surface area contributed by atoms with Crippen molar-refractivity contribution in [3.63, 3.8) is 0 Å². The number of carbonyl (C=O) groups is 1. The quantitative estimate of drug-likeness (QED) is 0.463. The van der Waals surface area contributed by atoms with Crippen molar-refractivity contribution in [1.82, 2.24) is 0 Å². The molecule has 1 aromatic rings. The first kappa shape index (κ1) is 18.3. The van der Waals surface area contributed by atoms with Gasteiger partial charge in [-0.1, -0.05) is 24.9 Å². The Kier molecular flexibility index (Phi) is 6.99. The Morgan fingerprint density at radius 1 is 1.38 bits per heavy atom. The molecule has 0 fully saturated rings. The third-order valence-electron chi connectivity index (χ3n) is 2.58. The summed E-state index contributed by atoms with van der Waals surface area (Å²) in [5.41, 5.74) is 0.129. The highest BCUT2D eigenvalue weighted by atomic mass is 35.5. The molecule has 5 nitrogen and oxygen atoms in total. The van der Waals surface area contributed by atoms with Crippen LogP contribution in [0.3, 0.4) is 0 Å². The maximum atomic E-state index is 11.8. The number of unbranched alkanes of at least 4 members (excludes halogenated alkanes) is 1. The fourth-order valence-electron chi connectivity index (χ4n) is 1.54. The van der Waals surface area contributed by atoms with Crippen molar-refractivity contribution in [3.05, 3.63) is 22.7 Å². The monoisotopic (exact) mass is 351 g/mol. The van der Waals surface area contributed by atoms with E-state index in [1.165, 1.54) is 17.8 Å². The summed E-state index contributed by atoms with van der Waals surface area (Å²) in [7, 11) is -4.01. The Morgan fingerprint density at radius 3 is 2.57 bits per heavy atom.